The van der Waals surface area contributed by atoms with Crippen molar-refractivity contribution < 1.29 is 9.47 Å². The van der Waals surface area contributed by atoms with E-state index in [9.17, 15) is 0 Å². The SMILES string of the molecule is COc1ccc(CNCc2cn(-c3ccc(C)cc3)nc2-c2cccnc2)c(OC)c1. The van der Waals surface area contributed by atoms with Crippen LogP contribution in [0.5, 0.6) is 11.5 Å². The van der Waals surface area contributed by atoms with Crippen LogP contribution < -0.4 is 14.8 Å². The number of ether oxygens (including phenoxy) is 2. The average Bonchev–Trinajstić information content (AvgIpc) is 3.24. The molecule has 0 aliphatic rings. The van der Waals surface area contributed by atoms with Gasteiger partial charge in [0.2, 0.25) is 0 Å². The van der Waals surface area contributed by atoms with Crippen LogP contribution in [0.3, 0.4) is 0 Å². The van der Waals surface area contributed by atoms with E-state index < -0.39 is 0 Å². The molecule has 0 atom stereocenters. The Bertz CT molecular complexity index is 1140. The summed E-state index contributed by atoms with van der Waals surface area (Å²) in [5, 5.41) is 8.38. The van der Waals surface area contributed by atoms with Gasteiger partial charge in [0.25, 0.3) is 0 Å². The van der Waals surface area contributed by atoms with Crippen LogP contribution in [0.1, 0.15) is 16.7 Å². The molecule has 0 aliphatic heterocycles. The van der Waals surface area contributed by atoms with Crippen molar-refractivity contribution in [3.8, 4) is 28.4 Å². The first-order chi connectivity index (χ1) is 15.2. The van der Waals surface area contributed by atoms with Crippen molar-refractivity contribution in [3.05, 3.63) is 89.9 Å². The number of pyridine rings is 1. The molecule has 6 heteroatoms. The van der Waals surface area contributed by atoms with Crippen molar-refractivity contribution in [2.45, 2.75) is 20.0 Å². The van der Waals surface area contributed by atoms with Gasteiger partial charge in [-0.05, 0) is 37.3 Å². The minimum Gasteiger partial charge on any atom is -0.497 e. The van der Waals surface area contributed by atoms with E-state index in [2.05, 4.69) is 47.7 Å². The van der Waals surface area contributed by atoms with Gasteiger partial charge in [-0.25, -0.2) is 4.68 Å². The Morgan fingerprint density at radius 1 is 0.935 bits per heavy atom. The minimum atomic E-state index is 0.658. The highest BCUT2D eigenvalue weighted by Gasteiger charge is 2.13. The number of hydrogen-bond acceptors (Lipinski definition) is 5. The highest BCUT2D eigenvalue weighted by atomic mass is 16.5. The van der Waals surface area contributed by atoms with Gasteiger partial charge in [0, 0.05) is 54.4 Å². The largest absolute Gasteiger partial charge is 0.497 e. The summed E-state index contributed by atoms with van der Waals surface area (Å²) < 4.78 is 12.7. The molecule has 0 aliphatic carbocycles. The molecule has 0 radical (unpaired) electrons. The lowest BCUT2D eigenvalue weighted by Crippen LogP contribution is -2.13. The summed E-state index contributed by atoms with van der Waals surface area (Å²) in [6.45, 7) is 3.40. The lowest BCUT2D eigenvalue weighted by atomic mass is 10.1. The lowest BCUT2D eigenvalue weighted by Gasteiger charge is -2.11. The van der Waals surface area contributed by atoms with Crippen molar-refractivity contribution in [2.24, 2.45) is 0 Å². The highest BCUT2D eigenvalue weighted by molar-refractivity contribution is 5.62. The van der Waals surface area contributed by atoms with Crippen LogP contribution in [-0.2, 0) is 13.1 Å². The quantitative estimate of drug-likeness (QED) is 0.458. The molecule has 4 aromatic rings. The van der Waals surface area contributed by atoms with Gasteiger partial charge < -0.3 is 14.8 Å². The molecule has 0 spiro atoms. The molecule has 0 bridgehead atoms. The maximum Gasteiger partial charge on any atom is 0.127 e. The van der Waals surface area contributed by atoms with E-state index in [-0.39, 0.29) is 0 Å². The fraction of sp³-hybridized carbons (Fsp3) is 0.200. The van der Waals surface area contributed by atoms with E-state index in [1.807, 2.05) is 41.2 Å². The van der Waals surface area contributed by atoms with E-state index in [0.29, 0.717) is 13.1 Å². The number of hydrogen-bond donors (Lipinski definition) is 1. The van der Waals surface area contributed by atoms with Crippen LogP contribution in [-0.4, -0.2) is 29.0 Å². The smallest absolute Gasteiger partial charge is 0.127 e. The number of rotatable bonds is 8. The summed E-state index contributed by atoms with van der Waals surface area (Å²) in [7, 11) is 3.32. The van der Waals surface area contributed by atoms with Crippen molar-refractivity contribution in [3.63, 3.8) is 0 Å². The van der Waals surface area contributed by atoms with Crippen molar-refractivity contribution in [2.75, 3.05) is 14.2 Å². The van der Waals surface area contributed by atoms with Crippen LogP contribution >= 0.6 is 0 Å². The molecule has 1 N–H and O–H groups in total. The van der Waals surface area contributed by atoms with Gasteiger partial charge in [0.05, 0.1) is 25.6 Å². The normalized spacial score (nSPS) is 10.8. The van der Waals surface area contributed by atoms with E-state index in [1.54, 1.807) is 20.4 Å². The second-order valence-electron chi connectivity index (χ2n) is 7.31. The molecule has 0 amide bonds. The predicted octanol–water partition coefficient (Wildman–Crippen LogP) is 4.55. The molecule has 0 saturated carbocycles. The molecule has 0 saturated heterocycles. The third-order valence-corrected chi connectivity index (χ3v) is 5.15. The lowest BCUT2D eigenvalue weighted by molar-refractivity contribution is 0.390. The van der Waals surface area contributed by atoms with Crippen LogP contribution in [0.2, 0.25) is 0 Å². The highest BCUT2D eigenvalue weighted by Crippen LogP contribution is 2.26. The van der Waals surface area contributed by atoms with E-state index in [0.717, 1.165) is 39.6 Å². The zero-order chi connectivity index (χ0) is 21.6. The number of methoxy groups -OCH3 is 2. The van der Waals surface area contributed by atoms with Gasteiger partial charge in [-0.15, -0.1) is 0 Å². The van der Waals surface area contributed by atoms with Crippen molar-refractivity contribution >= 4 is 0 Å². The summed E-state index contributed by atoms with van der Waals surface area (Å²) in [6.07, 6.45) is 5.69. The summed E-state index contributed by atoms with van der Waals surface area (Å²) in [5.41, 5.74) is 6.32. The summed E-state index contributed by atoms with van der Waals surface area (Å²) in [6, 6.07) is 18.2. The standard InChI is InChI=1S/C25H26N4O2/c1-18-6-9-22(10-7-18)29-17-21(25(28-29)20-5-4-12-26-15-20)16-27-14-19-8-11-23(30-2)13-24(19)31-3/h4-13,15,17,27H,14,16H2,1-3H3. The first-order valence-corrected chi connectivity index (χ1v) is 10.2. The molecule has 2 heterocycles. The average molecular weight is 415 g/mol. The molecule has 158 valence electrons. The van der Waals surface area contributed by atoms with Gasteiger partial charge in [0.1, 0.15) is 11.5 Å². The molecular formula is C25H26N4O2. The Labute approximate surface area is 182 Å². The van der Waals surface area contributed by atoms with E-state index >= 15 is 0 Å². The topological polar surface area (TPSA) is 61.2 Å². The fourth-order valence-corrected chi connectivity index (χ4v) is 3.44. The summed E-state index contributed by atoms with van der Waals surface area (Å²) >= 11 is 0. The summed E-state index contributed by atoms with van der Waals surface area (Å²) in [4.78, 5) is 4.26. The number of nitrogens with zero attached hydrogens (tertiary/aromatic N) is 3. The van der Waals surface area contributed by atoms with E-state index in [1.165, 1.54) is 5.56 Å². The van der Waals surface area contributed by atoms with Crippen LogP contribution in [0, 0.1) is 6.92 Å². The molecule has 0 unspecified atom stereocenters. The number of aryl methyl sites for hydroxylation is 1. The maximum absolute atomic E-state index is 5.51. The number of aromatic nitrogens is 3. The molecule has 2 aromatic carbocycles. The van der Waals surface area contributed by atoms with Gasteiger partial charge in [-0.2, -0.15) is 5.10 Å². The van der Waals surface area contributed by atoms with Gasteiger partial charge in [0.15, 0.2) is 0 Å². The number of nitrogens with one attached hydrogen (secondary N) is 1. The Kier molecular flexibility index (Phi) is 6.29. The molecular weight excluding hydrogens is 388 g/mol. The maximum atomic E-state index is 5.51. The zero-order valence-corrected chi connectivity index (χ0v) is 18.0. The summed E-state index contributed by atoms with van der Waals surface area (Å²) in [5.74, 6) is 1.58. The third-order valence-electron chi connectivity index (χ3n) is 5.15. The van der Waals surface area contributed by atoms with E-state index in [4.69, 9.17) is 14.6 Å². The number of benzene rings is 2. The molecule has 6 nitrogen and oxygen atoms in total. The van der Waals surface area contributed by atoms with Crippen LogP contribution in [0.25, 0.3) is 16.9 Å². The fourth-order valence-electron chi connectivity index (χ4n) is 3.44. The van der Waals surface area contributed by atoms with Gasteiger partial charge in [-0.3, -0.25) is 4.98 Å². The Hall–Kier alpha value is -3.64. The van der Waals surface area contributed by atoms with Gasteiger partial charge >= 0.3 is 0 Å². The first kappa shape index (κ1) is 20.6. The second kappa shape index (κ2) is 9.45. The Morgan fingerprint density at radius 3 is 2.45 bits per heavy atom. The van der Waals surface area contributed by atoms with Crippen LogP contribution in [0.15, 0.2) is 73.2 Å². The Balaban J connectivity index is 1.58. The predicted molar refractivity (Wildman–Crippen MR) is 122 cm³/mol. The molecule has 31 heavy (non-hydrogen) atoms. The van der Waals surface area contributed by atoms with Crippen molar-refractivity contribution in [1.29, 1.82) is 0 Å². The van der Waals surface area contributed by atoms with Crippen LogP contribution in [0.4, 0.5) is 0 Å². The zero-order valence-electron chi connectivity index (χ0n) is 18.0. The second-order valence-corrected chi connectivity index (χ2v) is 7.31. The Morgan fingerprint density at radius 2 is 1.74 bits per heavy atom. The monoisotopic (exact) mass is 414 g/mol. The van der Waals surface area contributed by atoms with Crippen molar-refractivity contribution in [1.82, 2.24) is 20.1 Å². The van der Waals surface area contributed by atoms with Gasteiger partial charge in [-0.1, -0.05) is 23.8 Å². The first-order valence-electron chi connectivity index (χ1n) is 10.2. The molecule has 0 fully saturated rings. The molecule has 2 aromatic heterocycles. The molecule has 4 rings (SSSR count). The minimum absolute atomic E-state index is 0.658. The third kappa shape index (κ3) is 4.75.